The van der Waals surface area contributed by atoms with E-state index >= 15 is 0 Å². The highest BCUT2D eigenvalue weighted by Gasteiger charge is 2.12. The van der Waals surface area contributed by atoms with Crippen LogP contribution in [-0.2, 0) is 0 Å². The van der Waals surface area contributed by atoms with Crippen LogP contribution in [0.25, 0.3) is 0 Å². The number of anilines is 2. The highest BCUT2D eigenvalue weighted by atomic mass is 32.1. The number of hydrogen-bond acceptors (Lipinski definition) is 6. The van der Waals surface area contributed by atoms with E-state index in [1.807, 2.05) is 5.38 Å². The summed E-state index contributed by atoms with van der Waals surface area (Å²) in [5, 5.41) is 7.25. The molecule has 0 saturated carbocycles. The molecule has 2 rings (SSSR count). The van der Waals surface area contributed by atoms with Crippen molar-refractivity contribution in [2.24, 2.45) is 0 Å². The summed E-state index contributed by atoms with van der Waals surface area (Å²) in [5.74, 6) is 0.0782. The summed E-state index contributed by atoms with van der Waals surface area (Å²) in [6, 6.07) is 0. The van der Waals surface area contributed by atoms with Crippen molar-refractivity contribution in [3.05, 3.63) is 22.1 Å². The van der Waals surface area contributed by atoms with E-state index < -0.39 is 0 Å². The van der Waals surface area contributed by atoms with Crippen LogP contribution < -0.4 is 11.1 Å². The van der Waals surface area contributed by atoms with Gasteiger partial charge in [-0.1, -0.05) is 13.8 Å². The van der Waals surface area contributed by atoms with E-state index in [1.54, 1.807) is 5.38 Å². The van der Waals surface area contributed by atoms with E-state index in [0.29, 0.717) is 21.9 Å². The molecular formula is C10H12N4OS2. The topological polar surface area (TPSA) is 80.9 Å². The number of nitrogens with one attached hydrogen (secondary N) is 1. The summed E-state index contributed by atoms with van der Waals surface area (Å²) < 4.78 is 0. The molecule has 0 aliphatic heterocycles. The largest absolute Gasteiger partial charge is 0.375 e. The molecule has 0 fully saturated rings. The fourth-order valence-electron chi connectivity index (χ4n) is 1.16. The Kier molecular flexibility index (Phi) is 3.39. The number of carbonyl (C=O) groups is 1. The number of carbonyl (C=O) groups excluding carboxylic acids is 1. The van der Waals surface area contributed by atoms with E-state index in [-0.39, 0.29) is 5.91 Å². The zero-order chi connectivity index (χ0) is 12.4. The lowest BCUT2D eigenvalue weighted by Gasteiger charge is -1.99. The summed E-state index contributed by atoms with van der Waals surface area (Å²) in [6.07, 6.45) is 0. The number of thiazole rings is 2. The summed E-state index contributed by atoms with van der Waals surface area (Å²) >= 11 is 2.65. The van der Waals surface area contributed by atoms with Crippen LogP contribution in [0.3, 0.4) is 0 Å². The molecule has 2 aromatic rings. The van der Waals surface area contributed by atoms with E-state index in [1.165, 1.54) is 22.7 Å². The van der Waals surface area contributed by atoms with Crippen molar-refractivity contribution in [2.75, 3.05) is 11.1 Å². The first-order chi connectivity index (χ1) is 8.06. The van der Waals surface area contributed by atoms with Gasteiger partial charge in [-0.2, -0.15) is 0 Å². The zero-order valence-electron chi connectivity index (χ0n) is 9.43. The zero-order valence-corrected chi connectivity index (χ0v) is 11.1. The minimum absolute atomic E-state index is 0.275. The standard InChI is InChI=1S/C10H12N4OS2/c1-5(2)6-3-17-10(13-6)14-8(15)7-4-16-9(11)12-7/h3-5H,1-2H3,(H2,11,12)(H,13,14,15). The molecule has 0 bridgehead atoms. The van der Waals surface area contributed by atoms with Gasteiger partial charge < -0.3 is 5.73 Å². The Bertz CT molecular complexity index is 532. The number of hydrogen-bond donors (Lipinski definition) is 2. The average Bonchev–Trinajstić information content (AvgIpc) is 2.86. The molecule has 0 saturated heterocycles. The number of nitrogen functional groups attached to an aromatic ring is 1. The normalized spacial score (nSPS) is 10.8. The fraction of sp³-hybridized carbons (Fsp3) is 0.300. The molecule has 0 spiro atoms. The van der Waals surface area contributed by atoms with Crippen molar-refractivity contribution < 1.29 is 4.79 Å². The second-order valence-electron chi connectivity index (χ2n) is 3.76. The molecule has 0 atom stereocenters. The number of aromatic nitrogens is 2. The summed E-state index contributed by atoms with van der Waals surface area (Å²) in [7, 11) is 0. The second kappa shape index (κ2) is 4.80. The van der Waals surface area contributed by atoms with Crippen LogP contribution in [0, 0.1) is 0 Å². The Morgan fingerprint density at radius 2 is 2.12 bits per heavy atom. The number of nitrogens with zero attached hydrogens (tertiary/aromatic N) is 2. The van der Waals surface area contributed by atoms with Crippen LogP contribution >= 0.6 is 22.7 Å². The van der Waals surface area contributed by atoms with Gasteiger partial charge >= 0.3 is 0 Å². The smallest absolute Gasteiger partial charge is 0.276 e. The predicted molar refractivity (Wildman–Crippen MR) is 70.7 cm³/mol. The minimum Gasteiger partial charge on any atom is -0.375 e. The van der Waals surface area contributed by atoms with Crippen LogP contribution in [0.5, 0.6) is 0 Å². The molecule has 0 aromatic carbocycles. The van der Waals surface area contributed by atoms with Crippen LogP contribution in [0.15, 0.2) is 10.8 Å². The van der Waals surface area contributed by atoms with Crippen LogP contribution in [0.2, 0.25) is 0 Å². The van der Waals surface area contributed by atoms with Crippen LogP contribution in [0.4, 0.5) is 10.3 Å². The van der Waals surface area contributed by atoms with E-state index in [9.17, 15) is 4.79 Å². The molecule has 7 heteroatoms. The molecule has 0 unspecified atom stereocenters. The van der Waals surface area contributed by atoms with E-state index in [4.69, 9.17) is 5.73 Å². The monoisotopic (exact) mass is 268 g/mol. The summed E-state index contributed by atoms with van der Waals surface area (Å²) in [6.45, 7) is 4.11. The number of amides is 1. The molecular weight excluding hydrogens is 256 g/mol. The van der Waals surface area contributed by atoms with Crippen molar-refractivity contribution in [1.29, 1.82) is 0 Å². The van der Waals surface area contributed by atoms with Crippen molar-refractivity contribution in [3.8, 4) is 0 Å². The third-order valence-corrected chi connectivity index (χ3v) is 3.54. The number of rotatable bonds is 3. The van der Waals surface area contributed by atoms with Gasteiger partial charge in [-0.3, -0.25) is 10.1 Å². The maximum atomic E-state index is 11.8. The first kappa shape index (κ1) is 12.0. The van der Waals surface area contributed by atoms with Gasteiger partial charge in [0.1, 0.15) is 5.69 Å². The van der Waals surface area contributed by atoms with E-state index in [0.717, 1.165) is 5.69 Å². The highest BCUT2D eigenvalue weighted by molar-refractivity contribution is 7.14. The van der Waals surface area contributed by atoms with Crippen LogP contribution in [0.1, 0.15) is 35.9 Å². The molecule has 0 aliphatic rings. The second-order valence-corrected chi connectivity index (χ2v) is 5.51. The van der Waals surface area contributed by atoms with Gasteiger partial charge in [-0.05, 0) is 5.92 Å². The Hall–Kier alpha value is -1.47. The first-order valence-electron chi connectivity index (χ1n) is 5.04. The fourth-order valence-corrected chi connectivity index (χ4v) is 2.57. The lowest BCUT2D eigenvalue weighted by Crippen LogP contribution is -2.12. The van der Waals surface area contributed by atoms with Gasteiger partial charge in [-0.15, -0.1) is 22.7 Å². The van der Waals surface area contributed by atoms with Crippen LogP contribution in [-0.4, -0.2) is 15.9 Å². The molecule has 17 heavy (non-hydrogen) atoms. The Morgan fingerprint density at radius 3 is 2.65 bits per heavy atom. The van der Waals surface area contributed by atoms with Gasteiger partial charge in [0.05, 0.1) is 5.69 Å². The summed E-state index contributed by atoms with van der Waals surface area (Å²) in [4.78, 5) is 20.0. The van der Waals surface area contributed by atoms with Gasteiger partial charge in [0.15, 0.2) is 10.3 Å². The van der Waals surface area contributed by atoms with Crippen molar-refractivity contribution in [2.45, 2.75) is 19.8 Å². The number of nitrogens with two attached hydrogens (primary N) is 1. The SMILES string of the molecule is CC(C)c1csc(NC(=O)c2csc(N)n2)n1. The lowest BCUT2D eigenvalue weighted by atomic mass is 10.2. The Morgan fingerprint density at radius 1 is 1.35 bits per heavy atom. The first-order valence-corrected chi connectivity index (χ1v) is 6.80. The lowest BCUT2D eigenvalue weighted by molar-refractivity contribution is 0.102. The van der Waals surface area contributed by atoms with E-state index in [2.05, 4.69) is 29.1 Å². The quantitative estimate of drug-likeness (QED) is 0.896. The van der Waals surface area contributed by atoms with Gasteiger partial charge in [0.2, 0.25) is 0 Å². The molecule has 90 valence electrons. The maximum Gasteiger partial charge on any atom is 0.276 e. The molecule has 2 aromatic heterocycles. The molecule has 0 aliphatic carbocycles. The molecule has 0 radical (unpaired) electrons. The maximum absolute atomic E-state index is 11.8. The molecule has 5 nitrogen and oxygen atoms in total. The van der Waals surface area contributed by atoms with Gasteiger partial charge in [-0.25, -0.2) is 9.97 Å². The van der Waals surface area contributed by atoms with Gasteiger partial charge in [0, 0.05) is 10.8 Å². The van der Waals surface area contributed by atoms with Crippen molar-refractivity contribution in [3.63, 3.8) is 0 Å². The summed E-state index contributed by atoms with van der Waals surface area (Å²) in [5.41, 5.74) is 6.77. The van der Waals surface area contributed by atoms with Gasteiger partial charge in [0.25, 0.3) is 5.91 Å². The van der Waals surface area contributed by atoms with Crippen molar-refractivity contribution in [1.82, 2.24) is 9.97 Å². The third-order valence-electron chi connectivity index (χ3n) is 2.09. The Labute approximate surface area is 107 Å². The highest BCUT2D eigenvalue weighted by Crippen LogP contribution is 2.22. The minimum atomic E-state index is -0.275. The molecule has 3 N–H and O–H groups in total. The third kappa shape index (κ3) is 2.80. The average molecular weight is 268 g/mol. The molecule has 2 heterocycles. The predicted octanol–water partition coefficient (Wildman–Crippen LogP) is 2.56. The van der Waals surface area contributed by atoms with Crippen molar-refractivity contribution >= 4 is 38.8 Å². The Balaban J connectivity index is 2.07. The molecule has 1 amide bonds.